The molecule has 1 aliphatic rings. The molecule has 134 valence electrons. The van der Waals surface area contributed by atoms with Gasteiger partial charge in [0.1, 0.15) is 6.17 Å². The normalized spacial score (nSPS) is 17.2. The fourth-order valence-electron chi connectivity index (χ4n) is 3.02. The van der Waals surface area contributed by atoms with Crippen LogP contribution in [0.25, 0.3) is 11.4 Å². The number of carbonyl (C=O) groups is 1. The molecule has 1 aromatic carbocycles. The van der Waals surface area contributed by atoms with Crippen LogP contribution in [0.3, 0.4) is 0 Å². The van der Waals surface area contributed by atoms with Gasteiger partial charge in [-0.05, 0) is 31.0 Å². The molecule has 1 aromatic heterocycles. The molecule has 1 saturated heterocycles. The van der Waals surface area contributed by atoms with Crippen molar-refractivity contribution >= 4 is 6.29 Å². The van der Waals surface area contributed by atoms with Gasteiger partial charge in [0.15, 0.2) is 17.8 Å². The van der Waals surface area contributed by atoms with Crippen molar-refractivity contribution in [2.24, 2.45) is 5.73 Å². The van der Waals surface area contributed by atoms with Crippen LogP contribution in [-0.4, -0.2) is 54.8 Å². The number of likely N-dealkylation sites (tertiary alicyclic amines) is 1. The average Bonchev–Trinajstić information content (AvgIpc) is 3.17. The number of methoxy groups -OCH3 is 2. The number of hydrogen-bond donors (Lipinski definition) is 1. The number of benzene rings is 1. The van der Waals surface area contributed by atoms with Gasteiger partial charge < -0.3 is 24.5 Å². The maximum absolute atomic E-state index is 10.8. The molecule has 8 heteroatoms. The Morgan fingerprint density at radius 2 is 2.00 bits per heavy atom. The molecular weight excluding hydrogens is 324 g/mol. The van der Waals surface area contributed by atoms with Gasteiger partial charge in [0.05, 0.1) is 14.2 Å². The van der Waals surface area contributed by atoms with Crippen LogP contribution in [0.15, 0.2) is 22.7 Å². The van der Waals surface area contributed by atoms with Gasteiger partial charge in [0.25, 0.3) is 0 Å². The first-order valence-corrected chi connectivity index (χ1v) is 8.17. The third kappa shape index (κ3) is 3.64. The molecule has 0 aliphatic carbocycles. The van der Waals surface area contributed by atoms with E-state index in [2.05, 4.69) is 10.1 Å². The lowest BCUT2D eigenvalue weighted by Crippen LogP contribution is -2.47. The van der Waals surface area contributed by atoms with E-state index >= 15 is 0 Å². The van der Waals surface area contributed by atoms with Gasteiger partial charge in [-0.25, -0.2) is 0 Å². The van der Waals surface area contributed by atoms with E-state index in [1.165, 1.54) is 0 Å². The predicted octanol–water partition coefficient (Wildman–Crippen LogP) is 1.42. The lowest BCUT2D eigenvalue weighted by Gasteiger charge is -2.32. The number of rotatable bonds is 6. The van der Waals surface area contributed by atoms with E-state index in [-0.39, 0.29) is 5.92 Å². The number of aromatic nitrogens is 2. The summed E-state index contributed by atoms with van der Waals surface area (Å²) in [6.45, 7) is 1.47. The number of carbonyl (C=O) groups excluding carboxylic acids is 1. The van der Waals surface area contributed by atoms with E-state index in [9.17, 15) is 4.79 Å². The number of ether oxygens (including phenoxy) is 2. The summed E-state index contributed by atoms with van der Waals surface area (Å²) < 4.78 is 16.0. The first-order chi connectivity index (χ1) is 12.2. The summed E-state index contributed by atoms with van der Waals surface area (Å²) in [4.78, 5) is 17.3. The molecule has 0 saturated carbocycles. The standard InChI is InChI=1S/C17H22N4O4/c1-23-13-4-3-12(9-14(13)24-2)16-19-17(25-20-16)11-5-7-21(8-6-11)15(18)10-22/h3-4,9-11,15H,5-8,18H2,1-2H3. The summed E-state index contributed by atoms with van der Waals surface area (Å²) in [5.41, 5.74) is 6.55. The molecule has 1 unspecified atom stereocenters. The van der Waals surface area contributed by atoms with Gasteiger partial charge >= 0.3 is 0 Å². The van der Waals surface area contributed by atoms with E-state index in [1.807, 2.05) is 23.1 Å². The van der Waals surface area contributed by atoms with Crippen molar-refractivity contribution < 1.29 is 18.8 Å². The average molecular weight is 346 g/mol. The van der Waals surface area contributed by atoms with Crippen LogP contribution >= 0.6 is 0 Å². The highest BCUT2D eigenvalue weighted by Crippen LogP contribution is 2.33. The Bertz CT molecular complexity index is 725. The molecule has 2 aromatic rings. The number of hydrogen-bond acceptors (Lipinski definition) is 8. The summed E-state index contributed by atoms with van der Waals surface area (Å²) in [5, 5.41) is 4.09. The van der Waals surface area contributed by atoms with Crippen LogP contribution < -0.4 is 15.2 Å². The largest absolute Gasteiger partial charge is 0.493 e. The summed E-state index contributed by atoms with van der Waals surface area (Å²) in [7, 11) is 3.17. The Hall–Kier alpha value is -2.45. The van der Waals surface area contributed by atoms with Gasteiger partial charge in [0, 0.05) is 24.6 Å². The third-order valence-corrected chi connectivity index (χ3v) is 4.52. The Morgan fingerprint density at radius 1 is 1.28 bits per heavy atom. The zero-order chi connectivity index (χ0) is 17.8. The van der Waals surface area contributed by atoms with Crippen molar-refractivity contribution in [1.29, 1.82) is 0 Å². The molecule has 0 bridgehead atoms. The van der Waals surface area contributed by atoms with Gasteiger partial charge in [-0.1, -0.05) is 5.16 Å². The fraction of sp³-hybridized carbons (Fsp3) is 0.471. The Morgan fingerprint density at radius 3 is 2.64 bits per heavy atom. The van der Waals surface area contributed by atoms with Gasteiger partial charge in [0.2, 0.25) is 11.7 Å². The van der Waals surface area contributed by atoms with Crippen LogP contribution in [0.5, 0.6) is 11.5 Å². The number of aldehydes is 1. The van der Waals surface area contributed by atoms with Gasteiger partial charge in [-0.15, -0.1) is 0 Å². The lowest BCUT2D eigenvalue weighted by atomic mass is 9.96. The molecule has 2 heterocycles. The highest BCUT2D eigenvalue weighted by atomic mass is 16.5. The molecule has 0 radical (unpaired) electrons. The first-order valence-electron chi connectivity index (χ1n) is 8.17. The molecule has 25 heavy (non-hydrogen) atoms. The smallest absolute Gasteiger partial charge is 0.230 e. The molecule has 0 amide bonds. The molecule has 3 rings (SSSR count). The molecule has 2 N–H and O–H groups in total. The number of nitrogens with two attached hydrogens (primary N) is 1. The summed E-state index contributed by atoms with van der Waals surface area (Å²) in [6.07, 6.45) is 1.89. The van der Waals surface area contributed by atoms with E-state index in [0.717, 1.165) is 37.8 Å². The van der Waals surface area contributed by atoms with Crippen molar-refractivity contribution in [1.82, 2.24) is 15.0 Å². The lowest BCUT2D eigenvalue weighted by molar-refractivity contribution is -0.112. The predicted molar refractivity (Wildman–Crippen MR) is 90.4 cm³/mol. The second kappa shape index (κ2) is 7.62. The van der Waals surface area contributed by atoms with Crippen molar-refractivity contribution in [2.75, 3.05) is 27.3 Å². The Balaban J connectivity index is 1.72. The molecule has 1 atom stereocenters. The van der Waals surface area contributed by atoms with E-state index in [0.29, 0.717) is 23.2 Å². The summed E-state index contributed by atoms with van der Waals surface area (Å²) in [6, 6.07) is 5.49. The van der Waals surface area contributed by atoms with Crippen molar-refractivity contribution in [3.8, 4) is 22.9 Å². The minimum absolute atomic E-state index is 0.177. The van der Waals surface area contributed by atoms with Crippen molar-refractivity contribution in [2.45, 2.75) is 24.9 Å². The molecule has 8 nitrogen and oxygen atoms in total. The molecule has 1 fully saturated rings. The first kappa shape index (κ1) is 17.4. The van der Waals surface area contributed by atoms with Crippen molar-refractivity contribution in [3.63, 3.8) is 0 Å². The minimum Gasteiger partial charge on any atom is -0.493 e. The molecular formula is C17H22N4O4. The van der Waals surface area contributed by atoms with Crippen LogP contribution in [0.4, 0.5) is 0 Å². The van der Waals surface area contributed by atoms with E-state index < -0.39 is 6.17 Å². The topological polar surface area (TPSA) is 104 Å². The second-order valence-electron chi connectivity index (χ2n) is 5.96. The highest BCUT2D eigenvalue weighted by molar-refractivity contribution is 5.60. The summed E-state index contributed by atoms with van der Waals surface area (Å²) >= 11 is 0. The van der Waals surface area contributed by atoms with Crippen molar-refractivity contribution in [3.05, 3.63) is 24.1 Å². The van der Waals surface area contributed by atoms with Crippen LogP contribution in [0, 0.1) is 0 Å². The van der Waals surface area contributed by atoms with Gasteiger partial charge in [-0.3, -0.25) is 4.90 Å². The monoisotopic (exact) mass is 346 g/mol. The minimum atomic E-state index is -0.536. The second-order valence-corrected chi connectivity index (χ2v) is 5.96. The number of nitrogens with zero attached hydrogens (tertiary/aromatic N) is 3. The molecule has 0 spiro atoms. The van der Waals surface area contributed by atoms with E-state index in [1.54, 1.807) is 14.2 Å². The van der Waals surface area contributed by atoms with Gasteiger partial charge in [-0.2, -0.15) is 4.98 Å². The maximum Gasteiger partial charge on any atom is 0.230 e. The Kier molecular flexibility index (Phi) is 5.30. The fourth-order valence-corrected chi connectivity index (χ4v) is 3.02. The van der Waals surface area contributed by atoms with Crippen LogP contribution in [-0.2, 0) is 4.79 Å². The zero-order valence-electron chi connectivity index (χ0n) is 14.3. The quantitative estimate of drug-likeness (QED) is 0.783. The SMILES string of the molecule is COc1ccc(-c2noc(C3CCN(C(N)C=O)CC3)n2)cc1OC. The molecule has 1 aliphatic heterocycles. The maximum atomic E-state index is 10.8. The summed E-state index contributed by atoms with van der Waals surface area (Å²) in [5.74, 6) is 2.57. The zero-order valence-corrected chi connectivity index (χ0v) is 14.3. The highest BCUT2D eigenvalue weighted by Gasteiger charge is 2.27. The van der Waals surface area contributed by atoms with Crippen LogP contribution in [0.2, 0.25) is 0 Å². The van der Waals surface area contributed by atoms with E-state index in [4.69, 9.17) is 19.7 Å². The Labute approximate surface area is 145 Å². The van der Waals surface area contributed by atoms with Crippen LogP contribution in [0.1, 0.15) is 24.7 Å². The third-order valence-electron chi connectivity index (χ3n) is 4.52. The number of piperidine rings is 1.